The van der Waals surface area contributed by atoms with Crippen molar-refractivity contribution >= 4 is 17.3 Å². The molecule has 0 saturated carbocycles. The highest BCUT2D eigenvalue weighted by molar-refractivity contribution is 6.31. The monoisotopic (exact) mass is 297 g/mol. The minimum absolute atomic E-state index is 0.624. The number of hydrogen-bond acceptors (Lipinski definition) is 3. The zero-order valence-corrected chi connectivity index (χ0v) is 14.2. The van der Waals surface area contributed by atoms with Crippen LogP contribution in [0.4, 0.5) is 5.69 Å². The molecule has 0 heterocycles. The number of anilines is 1. The van der Waals surface area contributed by atoms with E-state index < -0.39 is 0 Å². The molecule has 114 valence electrons. The topological polar surface area (TPSA) is 18.5 Å². The van der Waals surface area contributed by atoms with E-state index in [1.807, 2.05) is 19.2 Å². The first-order valence-electron chi connectivity index (χ1n) is 7.27. The molecule has 0 aromatic heterocycles. The molecule has 0 saturated heterocycles. The lowest BCUT2D eigenvalue weighted by Gasteiger charge is -2.30. The molecule has 0 atom stereocenters. The predicted octanol–water partition coefficient (Wildman–Crippen LogP) is 3.08. The summed E-state index contributed by atoms with van der Waals surface area (Å²) in [6.07, 6.45) is 0. The van der Waals surface area contributed by atoms with Crippen LogP contribution in [-0.2, 0) is 6.54 Å². The fourth-order valence-corrected chi connectivity index (χ4v) is 2.50. The Morgan fingerprint density at radius 3 is 2.45 bits per heavy atom. The van der Waals surface area contributed by atoms with Gasteiger partial charge in [0.25, 0.3) is 0 Å². The summed E-state index contributed by atoms with van der Waals surface area (Å²) < 4.78 is 0. The van der Waals surface area contributed by atoms with E-state index >= 15 is 0 Å². The SMILES string of the molecule is CNCc1c(Cl)cccc1N(CCN(C)C)CC(C)C. The van der Waals surface area contributed by atoms with Crippen molar-refractivity contribution in [2.24, 2.45) is 5.92 Å². The second-order valence-electron chi connectivity index (χ2n) is 5.91. The first-order valence-corrected chi connectivity index (χ1v) is 7.65. The van der Waals surface area contributed by atoms with Crippen LogP contribution in [-0.4, -0.2) is 45.7 Å². The van der Waals surface area contributed by atoms with Gasteiger partial charge in [-0.15, -0.1) is 0 Å². The van der Waals surface area contributed by atoms with Gasteiger partial charge in [0.15, 0.2) is 0 Å². The third-order valence-electron chi connectivity index (χ3n) is 3.19. The second-order valence-corrected chi connectivity index (χ2v) is 6.32. The third-order valence-corrected chi connectivity index (χ3v) is 3.55. The van der Waals surface area contributed by atoms with E-state index in [-0.39, 0.29) is 0 Å². The van der Waals surface area contributed by atoms with Gasteiger partial charge in [-0.05, 0) is 39.2 Å². The zero-order valence-electron chi connectivity index (χ0n) is 13.4. The summed E-state index contributed by atoms with van der Waals surface area (Å²) in [5.41, 5.74) is 2.44. The van der Waals surface area contributed by atoms with Crippen LogP contribution in [0.5, 0.6) is 0 Å². The number of nitrogens with one attached hydrogen (secondary N) is 1. The molecule has 1 rings (SSSR count). The second kappa shape index (κ2) is 8.50. The van der Waals surface area contributed by atoms with Crippen molar-refractivity contribution in [3.63, 3.8) is 0 Å². The Bertz CT molecular complexity index is 405. The lowest BCUT2D eigenvalue weighted by molar-refractivity contribution is 0.409. The average molecular weight is 298 g/mol. The van der Waals surface area contributed by atoms with Crippen LogP contribution in [0.1, 0.15) is 19.4 Å². The Labute approximate surface area is 128 Å². The van der Waals surface area contributed by atoms with Gasteiger partial charge in [-0.2, -0.15) is 0 Å². The summed E-state index contributed by atoms with van der Waals surface area (Å²) in [5, 5.41) is 4.06. The van der Waals surface area contributed by atoms with E-state index in [1.54, 1.807) is 0 Å². The minimum atomic E-state index is 0.624. The van der Waals surface area contributed by atoms with Gasteiger partial charge in [0.1, 0.15) is 0 Å². The number of likely N-dealkylation sites (N-methyl/N-ethyl adjacent to an activating group) is 1. The predicted molar refractivity (Wildman–Crippen MR) is 89.8 cm³/mol. The molecule has 0 radical (unpaired) electrons. The highest BCUT2D eigenvalue weighted by Crippen LogP contribution is 2.28. The van der Waals surface area contributed by atoms with Gasteiger partial charge in [0.05, 0.1) is 0 Å². The molecule has 1 N–H and O–H groups in total. The molecule has 0 spiro atoms. The summed E-state index contributed by atoms with van der Waals surface area (Å²) in [5.74, 6) is 0.624. The minimum Gasteiger partial charge on any atom is -0.370 e. The first kappa shape index (κ1) is 17.3. The molecule has 4 heteroatoms. The normalized spacial score (nSPS) is 11.4. The summed E-state index contributed by atoms with van der Waals surface area (Å²) in [6.45, 7) is 8.41. The van der Waals surface area contributed by atoms with Crippen LogP contribution in [0.15, 0.2) is 18.2 Å². The van der Waals surface area contributed by atoms with E-state index in [4.69, 9.17) is 11.6 Å². The van der Waals surface area contributed by atoms with E-state index in [2.05, 4.69) is 49.1 Å². The lowest BCUT2D eigenvalue weighted by atomic mass is 10.1. The Hall–Kier alpha value is -0.770. The van der Waals surface area contributed by atoms with Gasteiger partial charge in [-0.25, -0.2) is 0 Å². The molecular formula is C16H28ClN3. The number of benzene rings is 1. The molecule has 0 aliphatic carbocycles. The Kier molecular flexibility index (Phi) is 7.35. The largest absolute Gasteiger partial charge is 0.370 e. The lowest BCUT2D eigenvalue weighted by Crippen LogP contribution is -2.35. The van der Waals surface area contributed by atoms with Crippen LogP contribution in [0.2, 0.25) is 5.02 Å². The number of nitrogens with zero attached hydrogens (tertiary/aromatic N) is 2. The molecule has 0 amide bonds. The van der Waals surface area contributed by atoms with Crippen LogP contribution >= 0.6 is 11.6 Å². The van der Waals surface area contributed by atoms with Crippen molar-refractivity contribution in [3.05, 3.63) is 28.8 Å². The molecule has 20 heavy (non-hydrogen) atoms. The van der Waals surface area contributed by atoms with Crippen molar-refractivity contribution in [2.75, 3.05) is 45.7 Å². The maximum Gasteiger partial charge on any atom is 0.0471 e. The van der Waals surface area contributed by atoms with Crippen molar-refractivity contribution in [3.8, 4) is 0 Å². The van der Waals surface area contributed by atoms with Crippen LogP contribution in [0, 0.1) is 5.92 Å². The summed E-state index contributed by atoms with van der Waals surface area (Å²) in [6, 6.07) is 6.19. The Morgan fingerprint density at radius 1 is 1.20 bits per heavy atom. The maximum absolute atomic E-state index is 6.37. The summed E-state index contributed by atoms with van der Waals surface area (Å²) in [4.78, 5) is 4.67. The number of rotatable bonds is 8. The van der Waals surface area contributed by atoms with E-state index in [0.717, 1.165) is 31.2 Å². The fourth-order valence-electron chi connectivity index (χ4n) is 2.27. The fraction of sp³-hybridized carbons (Fsp3) is 0.625. The molecule has 1 aromatic carbocycles. The molecule has 0 unspecified atom stereocenters. The summed E-state index contributed by atoms with van der Waals surface area (Å²) >= 11 is 6.37. The zero-order chi connectivity index (χ0) is 15.1. The van der Waals surface area contributed by atoms with Crippen molar-refractivity contribution in [2.45, 2.75) is 20.4 Å². The third kappa shape index (κ3) is 5.31. The molecule has 0 fully saturated rings. The maximum atomic E-state index is 6.37. The van der Waals surface area contributed by atoms with Crippen molar-refractivity contribution in [1.82, 2.24) is 10.2 Å². The van der Waals surface area contributed by atoms with Gasteiger partial charge in [0, 0.05) is 42.5 Å². The highest BCUT2D eigenvalue weighted by Gasteiger charge is 2.14. The van der Waals surface area contributed by atoms with Crippen LogP contribution in [0.3, 0.4) is 0 Å². The van der Waals surface area contributed by atoms with Crippen LogP contribution in [0.25, 0.3) is 0 Å². The molecule has 0 bridgehead atoms. The average Bonchev–Trinajstić information content (AvgIpc) is 2.36. The van der Waals surface area contributed by atoms with Gasteiger partial charge in [-0.3, -0.25) is 0 Å². The quantitative estimate of drug-likeness (QED) is 0.795. The molecule has 0 aliphatic heterocycles. The van der Waals surface area contributed by atoms with Crippen molar-refractivity contribution in [1.29, 1.82) is 0 Å². The first-order chi connectivity index (χ1) is 9.45. The van der Waals surface area contributed by atoms with Gasteiger partial charge >= 0.3 is 0 Å². The summed E-state index contributed by atoms with van der Waals surface area (Å²) in [7, 11) is 6.18. The standard InChI is InChI=1S/C16H28ClN3/c1-13(2)12-20(10-9-19(4)5)16-8-6-7-15(17)14(16)11-18-3/h6-8,13,18H,9-12H2,1-5H3. The highest BCUT2D eigenvalue weighted by atomic mass is 35.5. The van der Waals surface area contributed by atoms with Gasteiger partial charge in [-0.1, -0.05) is 31.5 Å². The van der Waals surface area contributed by atoms with Crippen molar-refractivity contribution < 1.29 is 0 Å². The molecule has 3 nitrogen and oxygen atoms in total. The van der Waals surface area contributed by atoms with E-state index in [0.29, 0.717) is 5.92 Å². The Balaban J connectivity index is 3.02. The molecule has 1 aromatic rings. The van der Waals surface area contributed by atoms with Crippen LogP contribution < -0.4 is 10.2 Å². The van der Waals surface area contributed by atoms with E-state index in [9.17, 15) is 0 Å². The smallest absolute Gasteiger partial charge is 0.0471 e. The Morgan fingerprint density at radius 2 is 1.90 bits per heavy atom. The number of hydrogen-bond donors (Lipinski definition) is 1. The molecular weight excluding hydrogens is 270 g/mol. The van der Waals surface area contributed by atoms with E-state index in [1.165, 1.54) is 11.3 Å². The van der Waals surface area contributed by atoms with Gasteiger partial charge in [0.2, 0.25) is 0 Å². The van der Waals surface area contributed by atoms with Gasteiger partial charge < -0.3 is 15.1 Å². The molecule has 0 aliphatic rings. The number of halogens is 1.